The molecule has 1 N–H and O–H groups in total. The molecule has 0 amide bonds. The van der Waals surface area contributed by atoms with Crippen LogP contribution in [0.5, 0.6) is 0 Å². The zero-order valence-electron chi connectivity index (χ0n) is 11.3. The zero-order valence-corrected chi connectivity index (χ0v) is 13.7. The highest BCUT2D eigenvalue weighted by Crippen LogP contribution is 2.24. The Labute approximate surface area is 128 Å². The highest BCUT2D eigenvalue weighted by molar-refractivity contribution is 9.10. The lowest BCUT2D eigenvalue weighted by molar-refractivity contribution is 0.0153. The van der Waals surface area contributed by atoms with Crippen molar-refractivity contribution >= 4 is 27.5 Å². The van der Waals surface area contributed by atoms with Gasteiger partial charge in [-0.25, -0.2) is 0 Å². The average molecular weight is 348 g/mol. The van der Waals surface area contributed by atoms with E-state index >= 15 is 0 Å². The Morgan fingerprint density at radius 1 is 1.42 bits per heavy atom. The number of aliphatic hydroxyl groups excluding tert-OH is 1. The van der Waals surface area contributed by atoms with E-state index in [1.165, 1.54) is 0 Å². The predicted molar refractivity (Wildman–Crippen MR) is 82.8 cm³/mol. The molecule has 2 unspecified atom stereocenters. The fourth-order valence-electron chi connectivity index (χ4n) is 2.51. The van der Waals surface area contributed by atoms with Crippen LogP contribution in [0, 0.1) is 0 Å². The van der Waals surface area contributed by atoms with Gasteiger partial charge in [-0.3, -0.25) is 4.90 Å². The van der Waals surface area contributed by atoms with Crippen molar-refractivity contribution in [3.05, 3.63) is 33.3 Å². The van der Waals surface area contributed by atoms with Gasteiger partial charge in [0.1, 0.15) is 0 Å². The van der Waals surface area contributed by atoms with Crippen LogP contribution in [0.4, 0.5) is 0 Å². The fourth-order valence-corrected chi connectivity index (χ4v) is 3.26. The lowest BCUT2D eigenvalue weighted by Crippen LogP contribution is -2.55. The van der Waals surface area contributed by atoms with Gasteiger partial charge in [-0.2, -0.15) is 0 Å². The van der Waals surface area contributed by atoms with Crippen LogP contribution in [0.2, 0.25) is 5.02 Å². The maximum absolute atomic E-state index is 10.5. The number of rotatable bonds is 3. The Morgan fingerprint density at radius 2 is 2.16 bits per heavy atom. The van der Waals surface area contributed by atoms with E-state index in [-0.39, 0.29) is 6.04 Å². The second-order valence-electron chi connectivity index (χ2n) is 5.32. The van der Waals surface area contributed by atoms with Crippen LogP contribution in [0.25, 0.3) is 0 Å². The lowest BCUT2D eigenvalue weighted by Gasteiger charge is -2.40. The summed E-state index contributed by atoms with van der Waals surface area (Å²) in [7, 11) is 4.17. The van der Waals surface area contributed by atoms with Gasteiger partial charge < -0.3 is 10.0 Å². The van der Waals surface area contributed by atoms with Crippen molar-refractivity contribution in [2.75, 3.05) is 33.7 Å². The minimum atomic E-state index is -0.397. The van der Waals surface area contributed by atoms with Crippen LogP contribution < -0.4 is 0 Å². The number of piperazine rings is 1. The highest BCUT2D eigenvalue weighted by atomic mass is 79.9. The third-order valence-electron chi connectivity index (χ3n) is 3.79. The topological polar surface area (TPSA) is 26.7 Å². The molecule has 1 heterocycles. The SMILES string of the molecule is CN1CCN(C)C(C(O)Cc2ccc(Br)cc2Cl)C1. The van der Waals surface area contributed by atoms with E-state index < -0.39 is 6.10 Å². The quantitative estimate of drug-likeness (QED) is 0.908. The van der Waals surface area contributed by atoms with E-state index in [4.69, 9.17) is 11.6 Å². The van der Waals surface area contributed by atoms with E-state index in [2.05, 4.69) is 39.8 Å². The Hall–Kier alpha value is -0.130. The van der Waals surface area contributed by atoms with Crippen molar-refractivity contribution < 1.29 is 5.11 Å². The average Bonchev–Trinajstić information content (AvgIpc) is 2.35. The van der Waals surface area contributed by atoms with Crippen molar-refractivity contribution in [1.82, 2.24) is 9.80 Å². The molecule has 0 bridgehead atoms. The van der Waals surface area contributed by atoms with E-state index in [1.807, 2.05) is 18.2 Å². The molecule has 0 saturated carbocycles. The maximum atomic E-state index is 10.5. The van der Waals surface area contributed by atoms with Crippen LogP contribution in [-0.2, 0) is 6.42 Å². The summed E-state index contributed by atoms with van der Waals surface area (Å²) in [5.41, 5.74) is 0.999. The monoisotopic (exact) mass is 346 g/mol. The third-order valence-corrected chi connectivity index (χ3v) is 4.63. The molecule has 0 radical (unpaired) electrons. The number of nitrogens with zero attached hydrogens (tertiary/aromatic N) is 2. The summed E-state index contributed by atoms with van der Waals surface area (Å²) in [6.45, 7) is 2.94. The number of hydrogen-bond donors (Lipinski definition) is 1. The number of aliphatic hydroxyl groups is 1. The summed E-state index contributed by atoms with van der Waals surface area (Å²) in [6, 6.07) is 5.98. The number of hydrogen-bond acceptors (Lipinski definition) is 3. The first-order chi connectivity index (χ1) is 8.97. The van der Waals surface area contributed by atoms with Gasteiger partial charge in [-0.15, -0.1) is 0 Å². The van der Waals surface area contributed by atoms with E-state index in [1.54, 1.807) is 0 Å². The Bertz CT molecular complexity index is 443. The van der Waals surface area contributed by atoms with Gasteiger partial charge in [-0.05, 0) is 31.8 Å². The molecule has 0 aromatic heterocycles. The summed E-state index contributed by atoms with van der Waals surface area (Å²) < 4.78 is 0.963. The predicted octanol–water partition coefficient (Wildman–Crippen LogP) is 2.25. The first-order valence-corrected chi connectivity index (χ1v) is 7.65. The molecule has 3 nitrogen and oxygen atoms in total. The molecule has 2 atom stereocenters. The molecular weight excluding hydrogens is 328 g/mol. The van der Waals surface area contributed by atoms with Crippen molar-refractivity contribution in [2.24, 2.45) is 0 Å². The molecule has 0 aliphatic carbocycles. The van der Waals surface area contributed by atoms with Gasteiger partial charge in [0.15, 0.2) is 0 Å². The summed E-state index contributed by atoms with van der Waals surface area (Å²) in [5, 5.41) is 11.2. The van der Waals surface area contributed by atoms with Gasteiger partial charge in [0, 0.05) is 41.6 Å². The van der Waals surface area contributed by atoms with Gasteiger partial charge in [0.2, 0.25) is 0 Å². The third kappa shape index (κ3) is 3.92. The molecule has 1 aromatic rings. The standard InChI is InChI=1S/C14H20BrClN2O/c1-17-5-6-18(2)13(9-17)14(19)7-10-3-4-11(15)8-12(10)16/h3-4,8,13-14,19H,5-7,9H2,1-2H3. The minimum Gasteiger partial charge on any atom is -0.391 e. The van der Waals surface area contributed by atoms with Crippen molar-refractivity contribution in [3.63, 3.8) is 0 Å². The normalized spacial score (nSPS) is 23.5. The zero-order chi connectivity index (χ0) is 14.0. The number of likely N-dealkylation sites (N-methyl/N-ethyl adjacent to an activating group) is 2. The summed E-state index contributed by atoms with van der Waals surface area (Å²) >= 11 is 9.61. The van der Waals surface area contributed by atoms with Gasteiger partial charge in [0.05, 0.1) is 6.10 Å². The molecule has 1 aliphatic heterocycles. The molecule has 1 fully saturated rings. The Kier molecular flexibility index (Phi) is 5.26. The molecule has 1 aromatic carbocycles. The Morgan fingerprint density at radius 3 is 2.84 bits per heavy atom. The first-order valence-electron chi connectivity index (χ1n) is 6.48. The Balaban J connectivity index is 2.05. The largest absolute Gasteiger partial charge is 0.391 e. The van der Waals surface area contributed by atoms with Crippen molar-refractivity contribution in [2.45, 2.75) is 18.6 Å². The molecule has 0 spiro atoms. The molecule has 5 heteroatoms. The van der Waals surface area contributed by atoms with Crippen LogP contribution in [0.3, 0.4) is 0 Å². The number of benzene rings is 1. The van der Waals surface area contributed by atoms with Gasteiger partial charge >= 0.3 is 0 Å². The summed E-state index contributed by atoms with van der Waals surface area (Å²) in [5.74, 6) is 0. The molecule has 1 aliphatic rings. The van der Waals surface area contributed by atoms with Gasteiger partial charge in [-0.1, -0.05) is 33.6 Å². The van der Waals surface area contributed by atoms with Crippen molar-refractivity contribution in [1.29, 1.82) is 0 Å². The molecule has 19 heavy (non-hydrogen) atoms. The van der Waals surface area contributed by atoms with Gasteiger partial charge in [0.25, 0.3) is 0 Å². The molecular formula is C14H20BrClN2O. The second kappa shape index (κ2) is 6.55. The van der Waals surface area contributed by atoms with Crippen LogP contribution >= 0.6 is 27.5 Å². The maximum Gasteiger partial charge on any atom is 0.0748 e. The van der Waals surface area contributed by atoms with Crippen LogP contribution in [-0.4, -0.2) is 60.8 Å². The molecule has 106 valence electrons. The first kappa shape index (κ1) is 15.3. The van der Waals surface area contributed by atoms with E-state index in [0.29, 0.717) is 11.4 Å². The summed E-state index contributed by atoms with van der Waals surface area (Å²) in [6.07, 6.45) is 0.195. The van der Waals surface area contributed by atoms with Crippen molar-refractivity contribution in [3.8, 4) is 0 Å². The highest BCUT2D eigenvalue weighted by Gasteiger charge is 2.28. The summed E-state index contributed by atoms with van der Waals surface area (Å²) in [4.78, 5) is 4.49. The minimum absolute atomic E-state index is 0.165. The molecule has 2 rings (SSSR count). The number of halogens is 2. The lowest BCUT2D eigenvalue weighted by atomic mass is 9.99. The molecule has 1 saturated heterocycles. The second-order valence-corrected chi connectivity index (χ2v) is 6.64. The fraction of sp³-hybridized carbons (Fsp3) is 0.571. The van der Waals surface area contributed by atoms with Crippen LogP contribution in [0.1, 0.15) is 5.56 Å². The van der Waals surface area contributed by atoms with E-state index in [9.17, 15) is 5.11 Å². The van der Waals surface area contributed by atoms with E-state index in [0.717, 1.165) is 29.7 Å². The smallest absolute Gasteiger partial charge is 0.0748 e. The van der Waals surface area contributed by atoms with Crippen LogP contribution in [0.15, 0.2) is 22.7 Å².